The van der Waals surface area contributed by atoms with E-state index in [0.29, 0.717) is 31.2 Å². The lowest BCUT2D eigenvalue weighted by Gasteiger charge is -2.25. The van der Waals surface area contributed by atoms with Gasteiger partial charge in [0.25, 0.3) is 5.91 Å². The van der Waals surface area contributed by atoms with E-state index in [2.05, 4.69) is 13.8 Å². The molecule has 4 heteroatoms. The van der Waals surface area contributed by atoms with Crippen LogP contribution >= 0.6 is 0 Å². The Balaban J connectivity index is 1.95. The smallest absolute Gasteiger partial charge is 0.277 e. The van der Waals surface area contributed by atoms with E-state index in [1.165, 1.54) is 5.06 Å². The van der Waals surface area contributed by atoms with Gasteiger partial charge in [0.2, 0.25) is 0 Å². The SMILES string of the molecule is CC(C)COc1ccc(C(=O)N2CCCCO2)cc1. The van der Waals surface area contributed by atoms with E-state index in [4.69, 9.17) is 9.57 Å². The predicted molar refractivity (Wildman–Crippen MR) is 73.0 cm³/mol. The average Bonchev–Trinajstić information content (AvgIpc) is 2.46. The monoisotopic (exact) mass is 263 g/mol. The lowest BCUT2D eigenvalue weighted by Crippen LogP contribution is -2.35. The van der Waals surface area contributed by atoms with Gasteiger partial charge in [-0.05, 0) is 43.0 Å². The van der Waals surface area contributed by atoms with Gasteiger partial charge in [0, 0.05) is 12.1 Å². The Labute approximate surface area is 114 Å². The predicted octanol–water partition coefficient (Wildman–Crippen LogP) is 2.89. The molecule has 0 unspecified atom stereocenters. The van der Waals surface area contributed by atoms with E-state index in [0.717, 1.165) is 18.6 Å². The lowest BCUT2D eigenvalue weighted by molar-refractivity contribution is -0.144. The molecule has 0 saturated carbocycles. The molecule has 0 atom stereocenters. The second-order valence-electron chi connectivity index (χ2n) is 5.18. The fourth-order valence-corrected chi connectivity index (χ4v) is 1.86. The highest BCUT2D eigenvalue weighted by atomic mass is 16.7. The number of ether oxygens (including phenoxy) is 1. The van der Waals surface area contributed by atoms with Gasteiger partial charge < -0.3 is 4.74 Å². The zero-order valence-corrected chi connectivity index (χ0v) is 11.6. The summed E-state index contributed by atoms with van der Waals surface area (Å²) >= 11 is 0. The molecule has 1 heterocycles. The van der Waals surface area contributed by atoms with Crippen LogP contribution < -0.4 is 4.74 Å². The Morgan fingerprint density at radius 1 is 1.32 bits per heavy atom. The summed E-state index contributed by atoms with van der Waals surface area (Å²) in [5, 5.41) is 1.45. The van der Waals surface area contributed by atoms with Crippen molar-refractivity contribution in [3.05, 3.63) is 29.8 Å². The van der Waals surface area contributed by atoms with Crippen molar-refractivity contribution in [2.75, 3.05) is 19.8 Å². The van der Waals surface area contributed by atoms with Gasteiger partial charge in [-0.15, -0.1) is 0 Å². The molecule has 2 rings (SSSR count). The van der Waals surface area contributed by atoms with Crippen LogP contribution in [-0.4, -0.2) is 30.7 Å². The zero-order valence-electron chi connectivity index (χ0n) is 11.6. The van der Waals surface area contributed by atoms with Gasteiger partial charge in [0.1, 0.15) is 5.75 Å². The Morgan fingerprint density at radius 2 is 2.05 bits per heavy atom. The van der Waals surface area contributed by atoms with E-state index in [-0.39, 0.29) is 5.91 Å². The average molecular weight is 263 g/mol. The van der Waals surface area contributed by atoms with Gasteiger partial charge in [-0.2, -0.15) is 0 Å². The molecule has 0 spiro atoms. The number of benzene rings is 1. The largest absolute Gasteiger partial charge is 0.493 e. The number of nitrogens with zero attached hydrogens (tertiary/aromatic N) is 1. The summed E-state index contributed by atoms with van der Waals surface area (Å²) < 4.78 is 5.59. The van der Waals surface area contributed by atoms with Gasteiger partial charge in [-0.3, -0.25) is 9.63 Å². The minimum Gasteiger partial charge on any atom is -0.493 e. The lowest BCUT2D eigenvalue weighted by atomic mass is 10.2. The molecule has 0 aliphatic carbocycles. The molecule has 19 heavy (non-hydrogen) atoms. The highest BCUT2D eigenvalue weighted by molar-refractivity contribution is 5.93. The van der Waals surface area contributed by atoms with Crippen LogP contribution in [0.1, 0.15) is 37.0 Å². The fraction of sp³-hybridized carbons (Fsp3) is 0.533. The van der Waals surface area contributed by atoms with Crippen molar-refractivity contribution in [3.63, 3.8) is 0 Å². The number of amides is 1. The maximum Gasteiger partial charge on any atom is 0.277 e. The molecule has 0 radical (unpaired) electrons. The third-order valence-electron chi connectivity index (χ3n) is 2.91. The number of hydrogen-bond donors (Lipinski definition) is 0. The van der Waals surface area contributed by atoms with Crippen LogP contribution in [0.2, 0.25) is 0 Å². The van der Waals surface area contributed by atoms with Crippen molar-refractivity contribution in [1.29, 1.82) is 0 Å². The second-order valence-corrected chi connectivity index (χ2v) is 5.18. The molecule has 0 aromatic heterocycles. The van der Waals surface area contributed by atoms with Crippen molar-refractivity contribution in [1.82, 2.24) is 5.06 Å². The molecule has 0 N–H and O–H groups in total. The molecular weight excluding hydrogens is 242 g/mol. The summed E-state index contributed by atoms with van der Waals surface area (Å²) in [6, 6.07) is 7.24. The molecule has 1 aliphatic heterocycles. The fourth-order valence-electron chi connectivity index (χ4n) is 1.86. The first-order valence-electron chi connectivity index (χ1n) is 6.84. The van der Waals surface area contributed by atoms with E-state index >= 15 is 0 Å². The van der Waals surface area contributed by atoms with Crippen LogP contribution in [0.4, 0.5) is 0 Å². The standard InChI is InChI=1S/C15H21NO3/c1-12(2)11-18-14-7-5-13(6-8-14)15(17)16-9-3-4-10-19-16/h5-8,12H,3-4,9-11H2,1-2H3. The van der Waals surface area contributed by atoms with Crippen molar-refractivity contribution < 1.29 is 14.4 Å². The van der Waals surface area contributed by atoms with E-state index in [9.17, 15) is 4.79 Å². The summed E-state index contributed by atoms with van der Waals surface area (Å²) in [6.07, 6.45) is 2.02. The van der Waals surface area contributed by atoms with Gasteiger partial charge in [0.05, 0.1) is 13.2 Å². The Kier molecular flexibility index (Phi) is 4.80. The van der Waals surface area contributed by atoms with Gasteiger partial charge in [-0.1, -0.05) is 13.8 Å². The second kappa shape index (κ2) is 6.57. The third-order valence-corrected chi connectivity index (χ3v) is 2.91. The molecule has 4 nitrogen and oxygen atoms in total. The molecule has 1 fully saturated rings. The third kappa shape index (κ3) is 3.96. The first-order valence-corrected chi connectivity index (χ1v) is 6.84. The highest BCUT2D eigenvalue weighted by Crippen LogP contribution is 2.16. The summed E-state index contributed by atoms with van der Waals surface area (Å²) in [5.41, 5.74) is 0.638. The highest BCUT2D eigenvalue weighted by Gasteiger charge is 2.19. The van der Waals surface area contributed by atoms with Crippen molar-refractivity contribution in [3.8, 4) is 5.75 Å². The Bertz CT molecular complexity index is 408. The van der Waals surface area contributed by atoms with Crippen LogP contribution in [0, 0.1) is 5.92 Å². The molecule has 1 amide bonds. The van der Waals surface area contributed by atoms with Crippen molar-refractivity contribution in [2.24, 2.45) is 5.92 Å². The number of carbonyl (C=O) groups is 1. The molecule has 104 valence electrons. The van der Waals surface area contributed by atoms with E-state index < -0.39 is 0 Å². The quantitative estimate of drug-likeness (QED) is 0.838. The van der Waals surface area contributed by atoms with E-state index in [1.807, 2.05) is 12.1 Å². The van der Waals surface area contributed by atoms with Crippen molar-refractivity contribution >= 4 is 5.91 Å². The summed E-state index contributed by atoms with van der Waals surface area (Å²) in [5.74, 6) is 1.21. The summed E-state index contributed by atoms with van der Waals surface area (Å²) in [6.45, 7) is 6.19. The topological polar surface area (TPSA) is 38.8 Å². The minimum absolute atomic E-state index is 0.0740. The first kappa shape index (κ1) is 13.9. The first-order chi connectivity index (χ1) is 9.16. The Hall–Kier alpha value is -1.55. The zero-order chi connectivity index (χ0) is 13.7. The summed E-state index contributed by atoms with van der Waals surface area (Å²) in [7, 11) is 0. The number of carbonyl (C=O) groups excluding carboxylic acids is 1. The molecule has 1 aliphatic rings. The number of hydrogen-bond acceptors (Lipinski definition) is 3. The Morgan fingerprint density at radius 3 is 2.63 bits per heavy atom. The van der Waals surface area contributed by atoms with Crippen LogP contribution in [0.3, 0.4) is 0 Å². The van der Waals surface area contributed by atoms with E-state index in [1.54, 1.807) is 12.1 Å². The van der Waals surface area contributed by atoms with Crippen LogP contribution in [0.25, 0.3) is 0 Å². The minimum atomic E-state index is -0.0740. The van der Waals surface area contributed by atoms with Crippen molar-refractivity contribution in [2.45, 2.75) is 26.7 Å². The number of hydroxylamine groups is 2. The molecule has 1 aromatic rings. The van der Waals surface area contributed by atoms with Crippen LogP contribution in [0.15, 0.2) is 24.3 Å². The normalized spacial score (nSPS) is 15.6. The summed E-state index contributed by atoms with van der Waals surface area (Å²) in [4.78, 5) is 17.5. The van der Waals surface area contributed by atoms with Gasteiger partial charge in [0.15, 0.2) is 0 Å². The van der Waals surface area contributed by atoms with Gasteiger partial charge >= 0.3 is 0 Å². The van der Waals surface area contributed by atoms with Crippen LogP contribution in [-0.2, 0) is 4.84 Å². The van der Waals surface area contributed by atoms with Crippen LogP contribution in [0.5, 0.6) is 5.75 Å². The molecule has 0 bridgehead atoms. The molecular formula is C15H21NO3. The molecule has 1 aromatic carbocycles. The van der Waals surface area contributed by atoms with Gasteiger partial charge in [-0.25, -0.2) is 5.06 Å². The maximum absolute atomic E-state index is 12.1. The maximum atomic E-state index is 12.1. The molecule has 1 saturated heterocycles. The number of rotatable bonds is 4.